The van der Waals surface area contributed by atoms with Gasteiger partial charge in [-0.25, -0.2) is 0 Å². The molecule has 0 heterocycles. The molecule has 1 N–H and O–H groups in total. The molecule has 0 saturated carbocycles. The molecule has 0 aromatic carbocycles. The van der Waals surface area contributed by atoms with Gasteiger partial charge >= 0.3 is 0 Å². The van der Waals surface area contributed by atoms with Crippen molar-refractivity contribution in [2.45, 2.75) is 19.9 Å². The zero-order valence-electron chi connectivity index (χ0n) is 7.79. The summed E-state index contributed by atoms with van der Waals surface area (Å²) in [5.41, 5.74) is 0. The van der Waals surface area contributed by atoms with Crippen molar-refractivity contribution < 1.29 is 19.5 Å². The van der Waals surface area contributed by atoms with Gasteiger partial charge in [0.25, 0.3) is 0 Å². The van der Waals surface area contributed by atoms with E-state index in [0.29, 0.717) is 0 Å². The standard InChI is InChI=1S/C6H16N.CH2O3/c1-6(2)7(3,4)5;2-1(3)4/h6H,1-5H3;(H2,2,3,4)/q+1;/p-1. The Hall–Kier alpha value is -0.770. The highest BCUT2D eigenvalue weighted by Crippen LogP contribution is 1.97. The molecule has 68 valence electrons. The third kappa shape index (κ3) is 17.6. The Labute approximate surface area is 67.7 Å². The normalized spacial score (nSPS) is 10.4. The van der Waals surface area contributed by atoms with Gasteiger partial charge in [-0.2, -0.15) is 0 Å². The van der Waals surface area contributed by atoms with Crippen LogP contribution in [0.15, 0.2) is 0 Å². The van der Waals surface area contributed by atoms with E-state index in [2.05, 4.69) is 35.0 Å². The van der Waals surface area contributed by atoms with Crippen LogP contribution in [0.4, 0.5) is 4.79 Å². The van der Waals surface area contributed by atoms with Crippen LogP contribution in [0.1, 0.15) is 13.8 Å². The van der Waals surface area contributed by atoms with Crippen LogP contribution in [0.3, 0.4) is 0 Å². The van der Waals surface area contributed by atoms with Crippen molar-refractivity contribution >= 4 is 6.16 Å². The minimum Gasteiger partial charge on any atom is -0.565 e. The van der Waals surface area contributed by atoms with E-state index < -0.39 is 6.16 Å². The Morgan fingerprint density at radius 1 is 1.36 bits per heavy atom. The van der Waals surface area contributed by atoms with Crippen molar-refractivity contribution in [3.05, 3.63) is 0 Å². The molecule has 0 unspecified atom stereocenters. The van der Waals surface area contributed by atoms with E-state index >= 15 is 0 Å². The summed E-state index contributed by atoms with van der Waals surface area (Å²) < 4.78 is 1.06. The smallest absolute Gasteiger partial charge is 0.249 e. The first kappa shape index (κ1) is 12.9. The summed E-state index contributed by atoms with van der Waals surface area (Å²) in [7, 11) is 6.60. The van der Waals surface area contributed by atoms with Crippen molar-refractivity contribution in [1.29, 1.82) is 0 Å². The Morgan fingerprint density at radius 2 is 1.45 bits per heavy atom. The van der Waals surface area contributed by atoms with Crippen LogP contribution in [0.5, 0.6) is 0 Å². The lowest BCUT2D eigenvalue weighted by atomic mass is 10.3. The lowest BCUT2D eigenvalue weighted by Gasteiger charge is -2.28. The highest BCUT2D eigenvalue weighted by molar-refractivity contribution is 5.50. The van der Waals surface area contributed by atoms with Gasteiger partial charge in [-0.3, -0.25) is 0 Å². The molecule has 4 heteroatoms. The van der Waals surface area contributed by atoms with Gasteiger partial charge in [-0.15, -0.1) is 0 Å². The lowest BCUT2D eigenvalue weighted by molar-refractivity contribution is -0.891. The predicted molar refractivity (Wildman–Crippen MR) is 41.2 cm³/mol. The van der Waals surface area contributed by atoms with Crippen LogP contribution >= 0.6 is 0 Å². The molecule has 0 aliphatic rings. The number of hydrogen-bond donors (Lipinski definition) is 1. The van der Waals surface area contributed by atoms with Crippen molar-refractivity contribution in [2.24, 2.45) is 0 Å². The van der Waals surface area contributed by atoms with E-state index in [4.69, 9.17) is 15.0 Å². The number of rotatable bonds is 1. The fourth-order valence-electron chi connectivity index (χ4n) is 0. The minimum atomic E-state index is -2.08. The Bertz CT molecular complexity index is 111. The van der Waals surface area contributed by atoms with Gasteiger partial charge in [0.15, 0.2) is 0 Å². The molecule has 0 aliphatic heterocycles. The largest absolute Gasteiger partial charge is 0.565 e. The number of carbonyl (C=O) groups is 1. The second-order valence-corrected chi connectivity index (χ2v) is 3.48. The molecular formula is C7H17NO3. The van der Waals surface area contributed by atoms with E-state index in [9.17, 15) is 0 Å². The number of nitrogens with zero attached hydrogens (tertiary/aromatic N) is 1. The first-order chi connectivity index (χ1) is 4.68. The van der Waals surface area contributed by atoms with Crippen LogP contribution in [0.25, 0.3) is 0 Å². The molecule has 0 aromatic heterocycles. The molecule has 0 rings (SSSR count). The van der Waals surface area contributed by atoms with Gasteiger partial charge in [0, 0.05) is 0 Å². The summed E-state index contributed by atoms with van der Waals surface area (Å²) in [6.45, 7) is 4.44. The van der Waals surface area contributed by atoms with Crippen LogP contribution < -0.4 is 5.11 Å². The van der Waals surface area contributed by atoms with Gasteiger partial charge in [0.1, 0.15) is 0 Å². The van der Waals surface area contributed by atoms with E-state index in [1.807, 2.05) is 0 Å². The minimum absolute atomic E-state index is 0.736. The van der Waals surface area contributed by atoms with Crippen molar-refractivity contribution in [3.63, 3.8) is 0 Å². The third-order valence-electron chi connectivity index (χ3n) is 1.55. The maximum Gasteiger partial charge on any atom is 0.249 e. The molecule has 4 nitrogen and oxygen atoms in total. The zero-order valence-corrected chi connectivity index (χ0v) is 7.79. The van der Waals surface area contributed by atoms with E-state index in [1.165, 1.54) is 0 Å². The molecule has 0 amide bonds. The van der Waals surface area contributed by atoms with Crippen molar-refractivity contribution in [2.75, 3.05) is 21.1 Å². The zero-order chi connectivity index (χ0) is 9.65. The topological polar surface area (TPSA) is 60.4 Å². The first-order valence-electron chi connectivity index (χ1n) is 3.39. The van der Waals surface area contributed by atoms with Gasteiger partial charge in [0.05, 0.1) is 27.2 Å². The molecule has 11 heavy (non-hydrogen) atoms. The summed E-state index contributed by atoms with van der Waals surface area (Å²) >= 11 is 0. The van der Waals surface area contributed by atoms with E-state index in [-0.39, 0.29) is 0 Å². The number of quaternary nitrogens is 1. The van der Waals surface area contributed by atoms with Gasteiger partial charge in [-0.1, -0.05) is 0 Å². The summed E-state index contributed by atoms with van der Waals surface area (Å²) in [5, 5.41) is 15.3. The molecule has 0 spiro atoms. The van der Waals surface area contributed by atoms with E-state index in [1.54, 1.807) is 0 Å². The molecule has 0 fully saturated rings. The monoisotopic (exact) mass is 163 g/mol. The fourth-order valence-corrected chi connectivity index (χ4v) is 0. The quantitative estimate of drug-likeness (QED) is 0.553. The Balaban J connectivity index is 0. The summed E-state index contributed by atoms with van der Waals surface area (Å²) in [6, 6.07) is 0.736. The van der Waals surface area contributed by atoms with Crippen LogP contribution in [0, 0.1) is 0 Å². The highest BCUT2D eigenvalue weighted by Gasteiger charge is 2.10. The maximum atomic E-state index is 8.44. The summed E-state index contributed by atoms with van der Waals surface area (Å²) in [4.78, 5) is 8.44. The third-order valence-corrected chi connectivity index (χ3v) is 1.55. The van der Waals surface area contributed by atoms with Crippen molar-refractivity contribution in [1.82, 2.24) is 0 Å². The molecule has 0 saturated heterocycles. The molecule has 0 atom stereocenters. The molecule has 0 aromatic rings. The van der Waals surface area contributed by atoms with Gasteiger partial charge in [0.2, 0.25) is 6.16 Å². The predicted octanol–water partition coefficient (Wildman–Crippen LogP) is -0.0113. The average Bonchev–Trinajstić information content (AvgIpc) is 1.59. The summed E-state index contributed by atoms with van der Waals surface area (Å²) in [6.07, 6.45) is -2.08. The SMILES string of the molecule is CC(C)[N+](C)(C)C.O=C([O-])O. The Morgan fingerprint density at radius 3 is 1.45 bits per heavy atom. The second kappa shape index (κ2) is 4.96. The lowest BCUT2D eigenvalue weighted by Crippen LogP contribution is -2.41. The maximum absolute atomic E-state index is 8.44. The number of hydrogen-bond acceptors (Lipinski definition) is 2. The fraction of sp³-hybridized carbons (Fsp3) is 0.857. The summed E-state index contributed by atoms with van der Waals surface area (Å²) in [5.74, 6) is 0. The second-order valence-electron chi connectivity index (χ2n) is 3.48. The average molecular weight is 163 g/mol. The molecule has 0 bridgehead atoms. The number of carboxylic acid groups (broad SMARTS) is 2. The molecular weight excluding hydrogens is 146 g/mol. The van der Waals surface area contributed by atoms with Gasteiger partial charge < -0.3 is 19.5 Å². The van der Waals surface area contributed by atoms with Crippen LogP contribution in [-0.4, -0.2) is 42.9 Å². The van der Waals surface area contributed by atoms with Gasteiger partial charge in [-0.05, 0) is 13.8 Å². The van der Waals surface area contributed by atoms with E-state index in [0.717, 1.165) is 10.5 Å². The first-order valence-corrected chi connectivity index (χ1v) is 3.39. The Kier molecular flexibility index (Phi) is 5.80. The van der Waals surface area contributed by atoms with Crippen molar-refractivity contribution in [3.8, 4) is 0 Å². The van der Waals surface area contributed by atoms with Crippen LogP contribution in [0.2, 0.25) is 0 Å². The molecule has 0 radical (unpaired) electrons. The highest BCUT2D eigenvalue weighted by atomic mass is 16.6. The molecule has 0 aliphatic carbocycles. The van der Waals surface area contributed by atoms with Crippen LogP contribution in [-0.2, 0) is 0 Å².